The SMILES string of the molecule is COC(=O)c1ccc(C2C(=C(O)c3ccc4c(c3)OCCO4)C(=O)C(=O)N2CCc2ccccc2)cc1. The van der Waals surface area contributed by atoms with Gasteiger partial charge in [0.05, 0.1) is 24.3 Å². The highest BCUT2D eigenvalue weighted by Gasteiger charge is 2.46. The van der Waals surface area contributed by atoms with E-state index in [1.54, 1.807) is 42.5 Å². The summed E-state index contributed by atoms with van der Waals surface area (Å²) in [6.45, 7) is 1.05. The minimum absolute atomic E-state index is 0.0273. The van der Waals surface area contributed by atoms with E-state index in [1.807, 2.05) is 30.3 Å². The molecule has 3 aromatic carbocycles. The minimum atomic E-state index is -0.844. The molecule has 5 rings (SSSR count). The lowest BCUT2D eigenvalue weighted by atomic mass is 9.94. The molecule has 1 saturated heterocycles. The number of hydrogen-bond acceptors (Lipinski definition) is 7. The van der Waals surface area contributed by atoms with E-state index in [0.717, 1.165) is 5.56 Å². The van der Waals surface area contributed by atoms with Gasteiger partial charge in [-0.1, -0.05) is 42.5 Å². The first-order chi connectivity index (χ1) is 18.0. The molecule has 37 heavy (non-hydrogen) atoms. The van der Waals surface area contributed by atoms with E-state index < -0.39 is 23.7 Å². The second-order valence-corrected chi connectivity index (χ2v) is 8.70. The average Bonchev–Trinajstić information content (AvgIpc) is 3.20. The smallest absolute Gasteiger partial charge is 0.337 e. The third-order valence-corrected chi connectivity index (χ3v) is 6.49. The van der Waals surface area contributed by atoms with Gasteiger partial charge in [0.1, 0.15) is 19.0 Å². The molecule has 0 bridgehead atoms. The molecule has 8 nitrogen and oxygen atoms in total. The topological polar surface area (TPSA) is 102 Å². The number of hydrogen-bond donors (Lipinski definition) is 1. The number of Topliss-reactive ketones (excluding diaryl/α,β-unsaturated/α-hetero) is 1. The van der Waals surface area contributed by atoms with Gasteiger partial charge in [-0.15, -0.1) is 0 Å². The molecule has 8 heteroatoms. The first-order valence-corrected chi connectivity index (χ1v) is 11.9. The Hall–Kier alpha value is -4.59. The molecular weight excluding hydrogens is 474 g/mol. The Bertz CT molecular complexity index is 1380. The summed E-state index contributed by atoms with van der Waals surface area (Å²) in [5.41, 5.74) is 2.23. The molecule has 0 radical (unpaired) electrons. The number of esters is 1. The predicted octanol–water partition coefficient (Wildman–Crippen LogP) is 3.91. The van der Waals surface area contributed by atoms with Crippen molar-refractivity contribution < 1.29 is 33.7 Å². The molecule has 2 aliphatic heterocycles. The molecule has 0 aromatic heterocycles. The summed E-state index contributed by atoms with van der Waals surface area (Å²) >= 11 is 0. The fourth-order valence-electron chi connectivity index (χ4n) is 4.62. The van der Waals surface area contributed by atoms with Gasteiger partial charge in [0, 0.05) is 12.1 Å². The Labute approximate surface area is 213 Å². The maximum absolute atomic E-state index is 13.3. The maximum atomic E-state index is 13.3. The van der Waals surface area contributed by atoms with E-state index in [4.69, 9.17) is 14.2 Å². The first kappa shape index (κ1) is 24.1. The van der Waals surface area contributed by atoms with Gasteiger partial charge in [0.15, 0.2) is 11.5 Å². The summed E-state index contributed by atoms with van der Waals surface area (Å²) < 4.78 is 16.0. The third-order valence-electron chi connectivity index (χ3n) is 6.49. The highest BCUT2D eigenvalue weighted by atomic mass is 16.6. The van der Waals surface area contributed by atoms with Crippen LogP contribution in [0.2, 0.25) is 0 Å². The van der Waals surface area contributed by atoms with Crippen molar-refractivity contribution in [1.29, 1.82) is 0 Å². The van der Waals surface area contributed by atoms with E-state index in [9.17, 15) is 19.5 Å². The van der Waals surface area contributed by atoms with Crippen LogP contribution in [-0.2, 0) is 20.7 Å². The van der Waals surface area contributed by atoms with Crippen molar-refractivity contribution in [2.45, 2.75) is 12.5 Å². The quantitative estimate of drug-likeness (QED) is 0.237. The Morgan fingerprint density at radius 3 is 2.32 bits per heavy atom. The molecule has 0 spiro atoms. The number of nitrogens with zero attached hydrogens (tertiary/aromatic N) is 1. The van der Waals surface area contributed by atoms with Crippen LogP contribution in [-0.4, -0.2) is 54.5 Å². The van der Waals surface area contributed by atoms with Gasteiger partial charge in [0.2, 0.25) is 0 Å². The third kappa shape index (κ3) is 4.65. The van der Waals surface area contributed by atoms with Crippen LogP contribution in [0.5, 0.6) is 11.5 Å². The van der Waals surface area contributed by atoms with Gasteiger partial charge in [-0.2, -0.15) is 0 Å². The van der Waals surface area contributed by atoms with Crippen LogP contribution in [0, 0.1) is 0 Å². The standard InChI is InChI=1S/C29H25NO7/c1-35-29(34)20-9-7-19(8-10-20)25-24(26(31)21-11-12-22-23(17-21)37-16-15-36-22)27(32)28(33)30(25)14-13-18-5-3-2-4-6-18/h2-12,17,25,31H,13-16H2,1H3. The molecule has 2 heterocycles. The van der Waals surface area contributed by atoms with E-state index in [2.05, 4.69) is 0 Å². The van der Waals surface area contributed by atoms with Crippen LogP contribution in [0.1, 0.15) is 33.1 Å². The van der Waals surface area contributed by atoms with Crippen LogP contribution in [0.4, 0.5) is 0 Å². The fourth-order valence-corrected chi connectivity index (χ4v) is 4.62. The normalized spacial score (nSPS) is 18.1. The Kier molecular flexibility index (Phi) is 6.64. The summed E-state index contributed by atoms with van der Waals surface area (Å²) in [6, 6.07) is 20.1. The van der Waals surface area contributed by atoms with Gasteiger partial charge < -0.3 is 24.2 Å². The molecule has 1 amide bonds. The number of ketones is 1. The Morgan fingerprint density at radius 2 is 1.62 bits per heavy atom. The summed E-state index contributed by atoms with van der Waals surface area (Å²) in [5, 5.41) is 11.3. The van der Waals surface area contributed by atoms with E-state index >= 15 is 0 Å². The zero-order valence-corrected chi connectivity index (χ0v) is 20.2. The molecule has 0 aliphatic carbocycles. The van der Waals surface area contributed by atoms with Crippen molar-refractivity contribution in [3.05, 3.63) is 101 Å². The Balaban J connectivity index is 1.57. The van der Waals surface area contributed by atoms with Crippen molar-refractivity contribution >= 4 is 23.4 Å². The fraction of sp³-hybridized carbons (Fsp3) is 0.207. The number of methoxy groups -OCH3 is 1. The molecular formula is C29H25NO7. The molecule has 188 valence electrons. The summed E-state index contributed by atoms with van der Waals surface area (Å²) in [7, 11) is 1.29. The second kappa shape index (κ2) is 10.2. The number of likely N-dealkylation sites (tertiary alicyclic amines) is 1. The van der Waals surface area contributed by atoms with Crippen molar-refractivity contribution in [3.8, 4) is 11.5 Å². The lowest BCUT2D eigenvalue weighted by molar-refractivity contribution is -0.139. The number of aliphatic hydroxyl groups is 1. The van der Waals surface area contributed by atoms with Crippen molar-refractivity contribution in [2.24, 2.45) is 0 Å². The molecule has 0 saturated carbocycles. The van der Waals surface area contributed by atoms with Crippen LogP contribution in [0.15, 0.2) is 78.4 Å². The number of amides is 1. The van der Waals surface area contributed by atoms with Gasteiger partial charge >= 0.3 is 5.97 Å². The largest absolute Gasteiger partial charge is 0.507 e. The van der Waals surface area contributed by atoms with E-state index in [0.29, 0.717) is 47.8 Å². The van der Waals surface area contributed by atoms with E-state index in [1.165, 1.54) is 12.0 Å². The van der Waals surface area contributed by atoms with Crippen molar-refractivity contribution in [3.63, 3.8) is 0 Å². The Morgan fingerprint density at radius 1 is 0.946 bits per heavy atom. The van der Waals surface area contributed by atoms with Crippen LogP contribution >= 0.6 is 0 Å². The van der Waals surface area contributed by atoms with Crippen molar-refractivity contribution in [2.75, 3.05) is 26.9 Å². The average molecular weight is 500 g/mol. The highest BCUT2D eigenvalue weighted by molar-refractivity contribution is 6.46. The zero-order valence-electron chi connectivity index (χ0n) is 20.2. The predicted molar refractivity (Wildman–Crippen MR) is 134 cm³/mol. The first-order valence-electron chi connectivity index (χ1n) is 11.9. The van der Waals surface area contributed by atoms with Crippen LogP contribution < -0.4 is 9.47 Å². The number of ether oxygens (including phenoxy) is 3. The highest BCUT2D eigenvalue weighted by Crippen LogP contribution is 2.41. The molecule has 1 N–H and O–H groups in total. The molecule has 1 atom stereocenters. The molecule has 1 unspecified atom stereocenters. The van der Waals surface area contributed by atoms with Crippen molar-refractivity contribution in [1.82, 2.24) is 4.90 Å². The van der Waals surface area contributed by atoms with Gasteiger partial charge in [-0.25, -0.2) is 4.79 Å². The van der Waals surface area contributed by atoms with Crippen LogP contribution in [0.3, 0.4) is 0 Å². The molecule has 3 aromatic rings. The lowest BCUT2D eigenvalue weighted by Gasteiger charge is -2.25. The number of fused-ring (bicyclic) bond motifs is 1. The summed E-state index contributed by atoms with van der Waals surface area (Å²) in [5.74, 6) is -1.28. The summed E-state index contributed by atoms with van der Waals surface area (Å²) in [4.78, 5) is 39.9. The zero-order chi connectivity index (χ0) is 25.9. The number of benzene rings is 3. The lowest BCUT2D eigenvalue weighted by Crippen LogP contribution is -2.31. The number of carbonyl (C=O) groups is 3. The summed E-state index contributed by atoms with van der Waals surface area (Å²) in [6.07, 6.45) is 0.522. The monoisotopic (exact) mass is 499 g/mol. The molecule has 2 aliphatic rings. The number of aliphatic hydroxyl groups excluding tert-OH is 1. The number of rotatable bonds is 6. The number of carbonyl (C=O) groups excluding carboxylic acids is 3. The minimum Gasteiger partial charge on any atom is -0.507 e. The van der Waals surface area contributed by atoms with E-state index in [-0.39, 0.29) is 17.9 Å². The maximum Gasteiger partial charge on any atom is 0.337 e. The van der Waals surface area contributed by atoms with Crippen LogP contribution in [0.25, 0.3) is 5.76 Å². The van der Waals surface area contributed by atoms with Gasteiger partial charge in [-0.3, -0.25) is 9.59 Å². The van der Waals surface area contributed by atoms with Gasteiger partial charge in [-0.05, 0) is 47.9 Å². The van der Waals surface area contributed by atoms with Gasteiger partial charge in [0.25, 0.3) is 11.7 Å². The second-order valence-electron chi connectivity index (χ2n) is 8.70. The molecule has 1 fully saturated rings.